The first-order valence-electron chi connectivity index (χ1n) is 10.3. The summed E-state index contributed by atoms with van der Waals surface area (Å²) >= 11 is 0. The van der Waals surface area contributed by atoms with Gasteiger partial charge in [0.2, 0.25) is 5.91 Å². The average molecular weight is 423 g/mol. The summed E-state index contributed by atoms with van der Waals surface area (Å²) in [5, 5.41) is 7.81. The summed E-state index contributed by atoms with van der Waals surface area (Å²) in [6, 6.07) is 15.5. The van der Waals surface area contributed by atoms with Crippen molar-refractivity contribution in [3.8, 4) is 28.4 Å². The molecule has 0 saturated carbocycles. The molecular weight excluding hydrogens is 392 g/mol. The van der Waals surface area contributed by atoms with Gasteiger partial charge >= 0.3 is 0 Å². The van der Waals surface area contributed by atoms with Gasteiger partial charge in [-0.1, -0.05) is 18.2 Å². The third-order valence-electron chi connectivity index (χ3n) is 4.98. The Balaban J connectivity index is 1.91. The molecule has 1 amide bonds. The van der Waals surface area contributed by atoms with Gasteiger partial charge in [0.1, 0.15) is 11.5 Å². The maximum atomic E-state index is 12.3. The Bertz CT molecular complexity index is 999. The van der Waals surface area contributed by atoms with Crippen molar-refractivity contribution < 1.29 is 14.3 Å². The van der Waals surface area contributed by atoms with Crippen LogP contribution < -0.4 is 14.8 Å². The Labute approximate surface area is 183 Å². The molecule has 0 aliphatic rings. The predicted molar refractivity (Wildman–Crippen MR) is 122 cm³/mol. The molecular formula is C24H30N4O3. The van der Waals surface area contributed by atoms with Crippen molar-refractivity contribution in [3.63, 3.8) is 0 Å². The number of aryl methyl sites for hydroxylation is 1. The smallest absolute Gasteiger partial charge is 0.220 e. The van der Waals surface area contributed by atoms with Gasteiger partial charge in [-0.2, -0.15) is 5.10 Å². The molecule has 0 aliphatic heterocycles. The fourth-order valence-electron chi connectivity index (χ4n) is 3.29. The number of methoxy groups -OCH3 is 2. The number of hydrogen-bond acceptors (Lipinski definition) is 5. The summed E-state index contributed by atoms with van der Waals surface area (Å²) in [5.74, 6) is 1.45. The number of carbonyl (C=O) groups is 1. The Hall–Kier alpha value is -3.32. The van der Waals surface area contributed by atoms with E-state index in [-0.39, 0.29) is 5.91 Å². The molecule has 1 N–H and O–H groups in total. The van der Waals surface area contributed by atoms with Gasteiger partial charge < -0.3 is 19.7 Å². The number of ether oxygens (including phenoxy) is 2. The predicted octanol–water partition coefficient (Wildman–Crippen LogP) is 3.17. The fourth-order valence-corrected chi connectivity index (χ4v) is 3.29. The van der Waals surface area contributed by atoms with Crippen LogP contribution in [0.4, 0.5) is 0 Å². The van der Waals surface area contributed by atoms with Gasteiger partial charge in [0.15, 0.2) is 0 Å². The van der Waals surface area contributed by atoms with Crippen LogP contribution in [0.2, 0.25) is 0 Å². The van der Waals surface area contributed by atoms with E-state index in [9.17, 15) is 4.79 Å². The minimum atomic E-state index is 0.0258. The zero-order chi connectivity index (χ0) is 22.2. The van der Waals surface area contributed by atoms with E-state index in [1.54, 1.807) is 14.2 Å². The van der Waals surface area contributed by atoms with Crippen molar-refractivity contribution in [2.75, 3.05) is 41.4 Å². The van der Waals surface area contributed by atoms with Crippen LogP contribution in [0.3, 0.4) is 0 Å². The zero-order valence-electron chi connectivity index (χ0n) is 18.6. The minimum Gasteiger partial charge on any atom is -0.497 e. The quantitative estimate of drug-likeness (QED) is 0.544. The van der Waals surface area contributed by atoms with Crippen LogP contribution in [0.25, 0.3) is 16.9 Å². The second-order valence-electron chi connectivity index (χ2n) is 7.50. The number of para-hydroxylation sites is 1. The molecule has 0 unspecified atom stereocenters. The highest BCUT2D eigenvalue weighted by atomic mass is 16.5. The first-order valence-corrected chi connectivity index (χ1v) is 10.3. The maximum absolute atomic E-state index is 12.3. The molecule has 31 heavy (non-hydrogen) atoms. The van der Waals surface area contributed by atoms with E-state index < -0.39 is 0 Å². The van der Waals surface area contributed by atoms with E-state index in [0.717, 1.165) is 34.8 Å². The molecule has 0 aliphatic carbocycles. The van der Waals surface area contributed by atoms with Gasteiger partial charge in [-0.05, 0) is 56.4 Å². The SMILES string of the molecule is COc1ccc(OC)c(-c2nn(-c3ccccc3)cc2CCC(=O)NCCN(C)C)c1. The fraction of sp³-hybridized carbons (Fsp3) is 0.333. The van der Waals surface area contributed by atoms with Crippen LogP contribution >= 0.6 is 0 Å². The molecule has 1 aromatic heterocycles. The number of likely N-dealkylation sites (N-methyl/N-ethyl adjacent to an activating group) is 1. The monoisotopic (exact) mass is 422 g/mol. The zero-order valence-corrected chi connectivity index (χ0v) is 18.6. The number of rotatable bonds is 10. The summed E-state index contributed by atoms with van der Waals surface area (Å²) in [6.45, 7) is 1.44. The molecule has 3 rings (SSSR count). The van der Waals surface area contributed by atoms with E-state index >= 15 is 0 Å². The lowest BCUT2D eigenvalue weighted by molar-refractivity contribution is -0.121. The summed E-state index contributed by atoms with van der Waals surface area (Å²) in [5.41, 5.74) is 3.53. The molecule has 164 valence electrons. The van der Waals surface area contributed by atoms with Gasteiger partial charge in [-0.25, -0.2) is 4.68 Å². The molecule has 7 nitrogen and oxygen atoms in total. The molecule has 1 heterocycles. The van der Waals surface area contributed by atoms with E-state index in [1.807, 2.05) is 78.4 Å². The topological polar surface area (TPSA) is 68.6 Å². The number of amides is 1. The van der Waals surface area contributed by atoms with Crippen LogP contribution in [0.15, 0.2) is 54.7 Å². The lowest BCUT2D eigenvalue weighted by atomic mass is 10.0. The van der Waals surface area contributed by atoms with Crippen LogP contribution in [0.1, 0.15) is 12.0 Å². The van der Waals surface area contributed by atoms with Crippen molar-refractivity contribution in [2.45, 2.75) is 12.8 Å². The highest BCUT2D eigenvalue weighted by Crippen LogP contribution is 2.35. The van der Waals surface area contributed by atoms with Crippen LogP contribution in [-0.2, 0) is 11.2 Å². The van der Waals surface area contributed by atoms with Gasteiger partial charge in [0.25, 0.3) is 0 Å². The van der Waals surface area contributed by atoms with Crippen LogP contribution in [-0.4, -0.2) is 62.0 Å². The van der Waals surface area contributed by atoms with E-state index in [0.29, 0.717) is 25.1 Å². The molecule has 0 bridgehead atoms. The van der Waals surface area contributed by atoms with Crippen molar-refractivity contribution in [1.29, 1.82) is 0 Å². The second-order valence-corrected chi connectivity index (χ2v) is 7.50. The molecule has 0 radical (unpaired) electrons. The summed E-state index contributed by atoms with van der Waals surface area (Å²) in [4.78, 5) is 14.4. The molecule has 0 fully saturated rings. The van der Waals surface area contributed by atoms with Crippen molar-refractivity contribution in [3.05, 3.63) is 60.3 Å². The van der Waals surface area contributed by atoms with E-state index in [1.165, 1.54) is 0 Å². The largest absolute Gasteiger partial charge is 0.497 e. The van der Waals surface area contributed by atoms with Gasteiger partial charge in [0.05, 0.1) is 25.6 Å². The van der Waals surface area contributed by atoms with Gasteiger partial charge in [-0.3, -0.25) is 4.79 Å². The van der Waals surface area contributed by atoms with Crippen molar-refractivity contribution in [2.24, 2.45) is 0 Å². The summed E-state index contributed by atoms with van der Waals surface area (Å²) in [6.07, 6.45) is 2.93. The lowest BCUT2D eigenvalue weighted by Crippen LogP contribution is -2.31. The van der Waals surface area contributed by atoms with Crippen LogP contribution in [0, 0.1) is 0 Å². The highest BCUT2D eigenvalue weighted by molar-refractivity contribution is 5.77. The Kier molecular flexibility index (Phi) is 7.67. The number of nitrogens with zero attached hydrogens (tertiary/aromatic N) is 3. The first-order chi connectivity index (χ1) is 15.0. The Morgan fingerprint density at radius 1 is 1.10 bits per heavy atom. The molecule has 0 saturated heterocycles. The molecule has 0 spiro atoms. The third-order valence-corrected chi connectivity index (χ3v) is 4.98. The van der Waals surface area contributed by atoms with Crippen molar-refractivity contribution in [1.82, 2.24) is 20.0 Å². The average Bonchev–Trinajstić information content (AvgIpc) is 3.21. The second kappa shape index (κ2) is 10.6. The van der Waals surface area contributed by atoms with E-state index in [2.05, 4.69) is 5.32 Å². The molecule has 2 aromatic carbocycles. The number of aromatic nitrogens is 2. The number of hydrogen-bond donors (Lipinski definition) is 1. The maximum Gasteiger partial charge on any atom is 0.220 e. The van der Waals surface area contributed by atoms with Crippen molar-refractivity contribution >= 4 is 5.91 Å². The third kappa shape index (κ3) is 5.86. The van der Waals surface area contributed by atoms with Gasteiger partial charge in [0, 0.05) is 31.3 Å². The number of benzene rings is 2. The lowest BCUT2D eigenvalue weighted by Gasteiger charge is -2.11. The normalized spacial score (nSPS) is 10.9. The highest BCUT2D eigenvalue weighted by Gasteiger charge is 2.18. The van der Waals surface area contributed by atoms with Gasteiger partial charge in [-0.15, -0.1) is 0 Å². The summed E-state index contributed by atoms with van der Waals surface area (Å²) < 4.78 is 12.8. The molecule has 7 heteroatoms. The standard InChI is InChI=1S/C24H30N4O3/c1-27(2)15-14-25-23(29)13-10-18-17-28(19-8-6-5-7-9-19)26-24(18)21-16-20(30-3)11-12-22(21)31-4/h5-9,11-12,16-17H,10,13-15H2,1-4H3,(H,25,29). The number of nitrogens with one attached hydrogen (secondary N) is 1. The van der Waals surface area contributed by atoms with E-state index in [4.69, 9.17) is 14.6 Å². The summed E-state index contributed by atoms with van der Waals surface area (Å²) in [7, 11) is 7.24. The minimum absolute atomic E-state index is 0.0258. The Morgan fingerprint density at radius 3 is 2.55 bits per heavy atom. The molecule has 3 aromatic rings. The Morgan fingerprint density at radius 2 is 1.87 bits per heavy atom. The number of carbonyl (C=O) groups excluding carboxylic acids is 1. The van der Waals surface area contributed by atoms with Crippen LogP contribution in [0.5, 0.6) is 11.5 Å². The first kappa shape index (κ1) is 22.4. The molecule has 0 atom stereocenters.